The van der Waals surface area contributed by atoms with Crippen molar-refractivity contribution in [3.8, 4) is 23.1 Å². The van der Waals surface area contributed by atoms with Crippen LogP contribution in [-0.4, -0.2) is 57.3 Å². The normalized spacial score (nSPS) is 20.2. The third-order valence-corrected chi connectivity index (χ3v) is 9.30. The highest BCUT2D eigenvalue weighted by atomic mass is 19.4. The highest BCUT2D eigenvalue weighted by molar-refractivity contribution is 5.94. The Morgan fingerprint density at radius 1 is 1.02 bits per heavy atom. The molecule has 1 aliphatic heterocycles. The van der Waals surface area contributed by atoms with Gasteiger partial charge in [-0.15, -0.1) is 13.2 Å². The molecule has 2 unspecified atom stereocenters. The number of carbonyl (C=O) groups is 2. The fraction of sp³-hybridized carbons (Fsp3) is 0.568. The van der Waals surface area contributed by atoms with Crippen molar-refractivity contribution in [1.29, 1.82) is 5.26 Å². The summed E-state index contributed by atoms with van der Waals surface area (Å²) in [5.41, 5.74) is -1.45. The highest BCUT2D eigenvalue weighted by Crippen LogP contribution is 2.62. The molecule has 3 fully saturated rings. The number of nitriles is 1. The van der Waals surface area contributed by atoms with Crippen LogP contribution in [0.1, 0.15) is 103 Å². The average Bonchev–Trinajstić information content (AvgIpc) is 3.86. The van der Waals surface area contributed by atoms with Crippen LogP contribution in [0.15, 0.2) is 12.1 Å². The minimum absolute atomic E-state index is 0.0162. The molecule has 1 saturated heterocycles. The summed E-state index contributed by atoms with van der Waals surface area (Å²) in [5, 5.41) is 12.8. The van der Waals surface area contributed by atoms with E-state index in [1.807, 2.05) is 0 Å². The first kappa shape index (κ1) is 37.2. The number of likely N-dealkylation sites (tertiary alicyclic amines) is 1. The van der Waals surface area contributed by atoms with Crippen molar-refractivity contribution in [2.24, 2.45) is 11.8 Å². The van der Waals surface area contributed by atoms with Gasteiger partial charge in [0.2, 0.25) is 0 Å². The summed E-state index contributed by atoms with van der Waals surface area (Å²) in [4.78, 5) is 31.7. The van der Waals surface area contributed by atoms with Gasteiger partial charge in [-0.2, -0.15) is 5.26 Å². The van der Waals surface area contributed by atoms with Crippen molar-refractivity contribution >= 4 is 28.8 Å². The Labute approximate surface area is 298 Å². The Bertz CT molecular complexity index is 1970. The van der Waals surface area contributed by atoms with E-state index < -0.39 is 64.3 Å². The number of hydrogen-bond donors (Lipinski definition) is 1. The minimum Gasteiger partial charge on any atom is -0.444 e. The number of amides is 2. The topological polar surface area (TPSA) is 119 Å². The predicted octanol–water partition coefficient (Wildman–Crippen LogP) is 9.33. The molecule has 2 amide bonds. The molecule has 2 atom stereocenters. The number of benzene rings is 1. The summed E-state index contributed by atoms with van der Waals surface area (Å²) >= 11 is 0. The van der Waals surface area contributed by atoms with Crippen LogP contribution >= 0.6 is 0 Å². The third-order valence-electron chi connectivity index (χ3n) is 9.30. The second-order valence-corrected chi connectivity index (χ2v) is 16.1. The van der Waals surface area contributed by atoms with Crippen LogP contribution < -0.4 is 10.1 Å². The zero-order valence-electron chi connectivity index (χ0n) is 30.3. The monoisotopic (exact) mass is 731 g/mol. The third kappa shape index (κ3) is 7.34. The molecule has 3 heterocycles. The number of piperidine rings is 1. The lowest BCUT2D eigenvalue weighted by Crippen LogP contribution is -2.36. The number of pyridine rings is 1. The van der Waals surface area contributed by atoms with Crippen LogP contribution in [0.3, 0.4) is 0 Å². The Balaban J connectivity index is 1.53. The summed E-state index contributed by atoms with van der Waals surface area (Å²) in [7, 11) is 0. The van der Waals surface area contributed by atoms with E-state index in [1.165, 1.54) is 0 Å². The Morgan fingerprint density at radius 3 is 2.15 bits per heavy atom. The molecule has 3 aromatic rings. The van der Waals surface area contributed by atoms with Crippen molar-refractivity contribution in [3.05, 3.63) is 40.7 Å². The highest BCUT2D eigenvalue weighted by Gasteiger charge is 2.59. The number of hydrogen-bond acceptors (Lipinski definition) is 7. The van der Waals surface area contributed by atoms with Gasteiger partial charge in [0.15, 0.2) is 17.4 Å². The Morgan fingerprint density at radius 2 is 1.63 bits per heavy atom. The van der Waals surface area contributed by atoms with Gasteiger partial charge >= 0.3 is 18.5 Å². The maximum absolute atomic E-state index is 17.3. The largest absolute Gasteiger partial charge is 0.573 e. The molecular formula is C37H42F5N5O5. The van der Waals surface area contributed by atoms with Crippen LogP contribution in [0.4, 0.5) is 37.2 Å². The van der Waals surface area contributed by atoms with E-state index in [2.05, 4.69) is 21.1 Å². The van der Waals surface area contributed by atoms with E-state index in [1.54, 1.807) is 64.9 Å². The van der Waals surface area contributed by atoms with Gasteiger partial charge in [0.1, 0.15) is 16.9 Å². The molecular weight excluding hydrogens is 689 g/mol. The van der Waals surface area contributed by atoms with Crippen molar-refractivity contribution in [3.63, 3.8) is 0 Å². The lowest BCUT2D eigenvalue weighted by atomic mass is 9.95. The summed E-state index contributed by atoms with van der Waals surface area (Å²) in [6.07, 6.45) is -5.48. The Hall–Kier alpha value is -4.61. The van der Waals surface area contributed by atoms with Crippen LogP contribution in [0.2, 0.25) is 0 Å². The quantitative estimate of drug-likeness (QED) is 0.241. The first-order valence-electron chi connectivity index (χ1n) is 17.3. The molecule has 10 nitrogen and oxygen atoms in total. The summed E-state index contributed by atoms with van der Waals surface area (Å²) < 4.78 is 90.7. The van der Waals surface area contributed by atoms with Crippen molar-refractivity contribution < 1.29 is 45.8 Å². The van der Waals surface area contributed by atoms with E-state index in [9.17, 15) is 28.0 Å². The van der Waals surface area contributed by atoms with E-state index in [0.29, 0.717) is 48.8 Å². The molecule has 52 heavy (non-hydrogen) atoms. The van der Waals surface area contributed by atoms with E-state index >= 15 is 8.78 Å². The van der Waals surface area contributed by atoms with Gasteiger partial charge < -0.3 is 23.7 Å². The number of fused-ring (bicyclic) bond motifs is 2. The molecule has 0 spiro atoms. The number of anilines is 1. The molecule has 1 N–H and O–H groups in total. The zero-order chi connectivity index (χ0) is 38.2. The average molecular weight is 732 g/mol. The lowest BCUT2D eigenvalue weighted by Gasteiger charge is -2.26. The van der Waals surface area contributed by atoms with Crippen LogP contribution in [0.25, 0.3) is 22.2 Å². The number of halogens is 5. The standard InChI is InChI=1S/C37H42F5N5O5/c1-17(2)29-27-26(25-21-15-46(16-22(21)25)34(49)52-36(6,7)8)24(11-12-43)47(19-9-10-19)31(27)28(39)30(45-29)20-13-18(44-33(48)51-35(3,4)5)14-23(38)32(20)50-37(40,41)42/h13-14,17,19,21-22,25H,9-11,15-16H2,1-8H3,(H,44,48). The number of alkyl halides is 3. The van der Waals surface area contributed by atoms with Gasteiger partial charge in [0.25, 0.3) is 0 Å². The first-order valence-corrected chi connectivity index (χ1v) is 17.3. The molecule has 280 valence electrons. The number of ether oxygens (including phenoxy) is 3. The van der Waals surface area contributed by atoms with Gasteiger partial charge in [-0.25, -0.2) is 23.4 Å². The fourth-order valence-electron chi connectivity index (χ4n) is 7.33. The van der Waals surface area contributed by atoms with Crippen LogP contribution in [0, 0.1) is 34.8 Å². The zero-order valence-corrected chi connectivity index (χ0v) is 30.3. The molecule has 2 saturated carbocycles. The van der Waals surface area contributed by atoms with Gasteiger partial charge in [-0.05, 0) is 89.7 Å². The van der Waals surface area contributed by atoms with E-state index in [4.69, 9.17) is 9.47 Å². The molecule has 3 aliphatic rings. The van der Waals surface area contributed by atoms with Gasteiger partial charge in [-0.3, -0.25) is 5.32 Å². The number of aromatic nitrogens is 2. The van der Waals surface area contributed by atoms with E-state index in [0.717, 1.165) is 11.6 Å². The van der Waals surface area contributed by atoms with Crippen molar-refractivity contribution in [2.45, 2.75) is 110 Å². The summed E-state index contributed by atoms with van der Waals surface area (Å²) in [5.74, 6) is -4.34. The second kappa shape index (κ2) is 12.8. The van der Waals surface area contributed by atoms with Crippen LogP contribution in [0.5, 0.6) is 5.75 Å². The molecule has 6 rings (SSSR count). The molecule has 2 aliphatic carbocycles. The number of rotatable bonds is 7. The van der Waals surface area contributed by atoms with Gasteiger partial charge in [-0.1, -0.05) is 13.8 Å². The first-order chi connectivity index (χ1) is 24.1. The maximum atomic E-state index is 17.3. The number of carbonyl (C=O) groups excluding carboxylic acids is 2. The minimum atomic E-state index is -5.35. The maximum Gasteiger partial charge on any atom is 0.573 e. The van der Waals surface area contributed by atoms with Gasteiger partial charge in [0, 0.05) is 42.0 Å². The molecule has 2 aromatic heterocycles. The second-order valence-electron chi connectivity index (χ2n) is 16.1. The number of nitrogens with one attached hydrogen (secondary N) is 1. The van der Waals surface area contributed by atoms with Crippen molar-refractivity contribution in [2.75, 3.05) is 18.4 Å². The van der Waals surface area contributed by atoms with Gasteiger partial charge in [0.05, 0.1) is 29.3 Å². The summed E-state index contributed by atoms with van der Waals surface area (Å²) in [6, 6.07) is 3.62. The van der Waals surface area contributed by atoms with Crippen molar-refractivity contribution in [1.82, 2.24) is 14.5 Å². The fourth-order valence-corrected chi connectivity index (χ4v) is 7.33. The van der Waals surface area contributed by atoms with Crippen LogP contribution in [-0.2, 0) is 15.9 Å². The molecule has 15 heteroatoms. The Kier molecular flexibility index (Phi) is 9.15. The molecule has 0 bridgehead atoms. The lowest BCUT2D eigenvalue weighted by molar-refractivity contribution is -0.275. The molecule has 0 radical (unpaired) electrons. The smallest absolute Gasteiger partial charge is 0.444 e. The number of nitrogens with zero attached hydrogens (tertiary/aromatic N) is 4. The predicted molar refractivity (Wildman–Crippen MR) is 181 cm³/mol. The SMILES string of the molecule is CC(C)c1nc(-c2cc(NC(=O)OC(C)(C)C)cc(F)c2OC(F)(F)F)c(F)c2c1c(C1C3CN(C(=O)OC(C)(C)C)CC31)c(CC#N)n2C1CC1. The molecule has 1 aromatic carbocycles. The van der Waals surface area contributed by atoms with E-state index in [-0.39, 0.29) is 41.4 Å². The summed E-state index contributed by atoms with van der Waals surface area (Å²) in [6.45, 7) is 14.6.